The highest BCUT2D eigenvalue weighted by Gasteiger charge is 2.26. The van der Waals surface area contributed by atoms with Crippen molar-refractivity contribution in [3.63, 3.8) is 0 Å². The summed E-state index contributed by atoms with van der Waals surface area (Å²) in [5.41, 5.74) is 3.11. The van der Waals surface area contributed by atoms with Crippen LogP contribution >= 0.6 is 0 Å². The van der Waals surface area contributed by atoms with Gasteiger partial charge in [0.2, 0.25) is 5.91 Å². The van der Waals surface area contributed by atoms with Crippen molar-refractivity contribution in [1.29, 1.82) is 0 Å². The first-order chi connectivity index (χ1) is 13.1. The Balaban J connectivity index is 1.81. The minimum atomic E-state index is -0.282. The van der Waals surface area contributed by atoms with Crippen molar-refractivity contribution in [2.75, 3.05) is 5.32 Å². The summed E-state index contributed by atoms with van der Waals surface area (Å²) in [4.78, 5) is 17.4. The molecule has 0 unspecified atom stereocenters. The molecule has 0 aliphatic carbocycles. The highest BCUT2D eigenvalue weighted by atomic mass is 16.2. The molecule has 1 aromatic carbocycles. The first-order valence-electron chi connectivity index (χ1n) is 11.1. The highest BCUT2D eigenvalue weighted by Crippen LogP contribution is 2.25. The van der Waals surface area contributed by atoms with E-state index in [0.29, 0.717) is 0 Å². The van der Waals surface area contributed by atoms with Crippen molar-refractivity contribution in [2.24, 2.45) is 10.9 Å². The summed E-state index contributed by atoms with van der Waals surface area (Å²) in [6, 6.07) is 7.81. The van der Waals surface area contributed by atoms with E-state index in [1.807, 2.05) is 18.2 Å². The number of anilines is 1. The molecule has 3 heteroatoms. The monoisotopic (exact) mass is 370 g/mol. The van der Waals surface area contributed by atoms with Crippen LogP contribution in [0.2, 0.25) is 0 Å². The van der Waals surface area contributed by atoms with Crippen molar-refractivity contribution >= 4 is 17.3 Å². The van der Waals surface area contributed by atoms with Crippen molar-refractivity contribution in [1.82, 2.24) is 0 Å². The van der Waals surface area contributed by atoms with E-state index in [1.165, 1.54) is 57.8 Å². The lowest BCUT2D eigenvalue weighted by Gasteiger charge is -2.14. The standard InChI is InChI=1S/C24H38N2O/c1-4-5-6-7-8-9-10-11-12-13-17-21-20-16-14-15-18-22(20)26-24(27)23(25-21)19(2)3/h14-16,18-19,23H,4-13,17H2,1-3H3,(H,26,27)/t23-/m1/s1. The Hall–Kier alpha value is -1.64. The predicted molar refractivity (Wildman–Crippen MR) is 117 cm³/mol. The third kappa shape index (κ3) is 7.12. The van der Waals surface area contributed by atoms with Crippen LogP contribution in [0.4, 0.5) is 5.69 Å². The molecule has 1 amide bonds. The number of benzene rings is 1. The fourth-order valence-corrected chi connectivity index (χ4v) is 3.78. The molecule has 27 heavy (non-hydrogen) atoms. The number of benzodiazepines with no additional fused rings is 1. The molecule has 0 saturated carbocycles. The average Bonchev–Trinajstić information content (AvgIpc) is 2.79. The Bertz CT molecular complexity index is 606. The molecule has 1 aliphatic rings. The van der Waals surface area contributed by atoms with E-state index in [9.17, 15) is 4.79 Å². The summed E-state index contributed by atoms with van der Waals surface area (Å²) in [6.07, 6.45) is 14.3. The number of hydrogen-bond acceptors (Lipinski definition) is 2. The van der Waals surface area contributed by atoms with E-state index in [1.54, 1.807) is 0 Å². The predicted octanol–water partition coefficient (Wildman–Crippen LogP) is 6.76. The van der Waals surface area contributed by atoms with Gasteiger partial charge in [-0.15, -0.1) is 0 Å². The van der Waals surface area contributed by atoms with Crippen LogP contribution in [0, 0.1) is 5.92 Å². The summed E-state index contributed by atoms with van der Waals surface area (Å²) >= 11 is 0. The fraction of sp³-hybridized carbons (Fsp3) is 0.667. The molecule has 0 spiro atoms. The Morgan fingerprint density at radius 3 is 2.15 bits per heavy atom. The molecule has 1 aromatic rings. The molecule has 1 N–H and O–H groups in total. The van der Waals surface area contributed by atoms with E-state index < -0.39 is 0 Å². The van der Waals surface area contributed by atoms with E-state index >= 15 is 0 Å². The van der Waals surface area contributed by atoms with Crippen LogP contribution in [0.5, 0.6) is 0 Å². The van der Waals surface area contributed by atoms with Crippen molar-refractivity contribution < 1.29 is 4.79 Å². The van der Waals surface area contributed by atoms with Crippen LogP contribution in [0.25, 0.3) is 0 Å². The number of aliphatic imine (C=N–C) groups is 1. The third-order valence-corrected chi connectivity index (χ3v) is 5.46. The third-order valence-electron chi connectivity index (χ3n) is 5.46. The van der Waals surface area contributed by atoms with Gasteiger partial charge in [0.25, 0.3) is 0 Å². The Labute approximate surface area is 166 Å². The molecule has 1 atom stereocenters. The summed E-state index contributed by atoms with van der Waals surface area (Å²) in [5, 5.41) is 3.07. The highest BCUT2D eigenvalue weighted by molar-refractivity contribution is 6.11. The second-order valence-electron chi connectivity index (χ2n) is 8.23. The second kappa shape index (κ2) is 11.9. The van der Waals surface area contributed by atoms with Gasteiger partial charge < -0.3 is 5.32 Å². The Kier molecular flexibility index (Phi) is 9.58. The van der Waals surface area contributed by atoms with E-state index in [0.717, 1.165) is 29.8 Å². The maximum atomic E-state index is 12.5. The number of hydrogen-bond donors (Lipinski definition) is 1. The Morgan fingerprint density at radius 2 is 1.52 bits per heavy atom. The normalized spacial score (nSPS) is 16.7. The van der Waals surface area contributed by atoms with Crippen LogP contribution in [0.3, 0.4) is 0 Å². The number of fused-ring (bicyclic) bond motifs is 1. The fourth-order valence-electron chi connectivity index (χ4n) is 3.78. The van der Waals surface area contributed by atoms with Gasteiger partial charge in [0.15, 0.2) is 0 Å². The lowest BCUT2D eigenvalue weighted by molar-refractivity contribution is -0.118. The van der Waals surface area contributed by atoms with Crippen LogP contribution in [-0.4, -0.2) is 17.7 Å². The molecular formula is C24H38N2O. The topological polar surface area (TPSA) is 41.5 Å². The van der Waals surface area contributed by atoms with Gasteiger partial charge in [0.1, 0.15) is 6.04 Å². The minimum Gasteiger partial charge on any atom is -0.324 e. The summed E-state index contributed by atoms with van der Waals surface area (Å²) in [6.45, 7) is 6.41. The lowest BCUT2D eigenvalue weighted by Crippen LogP contribution is -2.30. The number of nitrogens with zero attached hydrogens (tertiary/aromatic N) is 1. The second-order valence-corrected chi connectivity index (χ2v) is 8.23. The summed E-state index contributed by atoms with van der Waals surface area (Å²) in [7, 11) is 0. The van der Waals surface area contributed by atoms with Gasteiger partial charge in [-0.2, -0.15) is 0 Å². The summed E-state index contributed by atoms with van der Waals surface area (Å²) < 4.78 is 0. The van der Waals surface area contributed by atoms with Crippen molar-refractivity contribution in [2.45, 2.75) is 97.4 Å². The number of unbranched alkanes of at least 4 members (excludes halogenated alkanes) is 9. The smallest absolute Gasteiger partial charge is 0.249 e. The largest absolute Gasteiger partial charge is 0.324 e. The number of para-hydroxylation sites is 1. The van der Waals surface area contributed by atoms with Crippen molar-refractivity contribution in [3.8, 4) is 0 Å². The molecule has 3 nitrogen and oxygen atoms in total. The van der Waals surface area contributed by atoms with E-state index in [-0.39, 0.29) is 17.9 Å². The van der Waals surface area contributed by atoms with E-state index in [2.05, 4.69) is 32.2 Å². The molecule has 1 heterocycles. The van der Waals surface area contributed by atoms with Gasteiger partial charge in [-0.05, 0) is 24.8 Å². The van der Waals surface area contributed by atoms with Crippen LogP contribution in [0.1, 0.15) is 97.0 Å². The molecular weight excluding hydrogens is 332 g/mol. The first-order valence-corrected chi connectivity index (χ1v) is 11.1. The number of nitrogens with one attached hydrogen (secondary N) is 1. The van der Waals surface area contributed by atoms with Crippen LogP contribution in [0.15, 0.2) is 29.3 Å². The molecule has 0 saturated heterocycles. The van der Waals surface area contributed by atoms with Gasteiger partial charge in [0.05, 0.1) is 0 Å². The van der Waals surface area contributed by atoms with Crippen molar-refractivity contribution in [3.05, 3.63) is 29.8 Å². The molecule has 150 valence electrons. The minimum absolute atomic E-state index is 0.0236. The first kappa shape index (κ1) is 21.7. The quantitative estimate of drug-likeness (QED) is 0.406. The molecule has 0 bridgehead atoms. The maximum Gasteiger partial charge on any atom is 0.249 e. The zero-order chi connectivity index (χ0) is 19.5. The maximum absolute atomic E-state index is 12.5. The number of carbonyl (C=O) groups is 1. The van der Waals surface area contributed by atoms with Gasteiger partial charge in [-0.3, -0.25) is 9.79 Å². The number of amides is 1. The average molecular weight is 371 g/mol. The Morgan fingerprint density at radius 1 is 0.926 bits per heavy atom. The van der Waals surface area contributed by atoms with Gasteiger partial charge in [-0.1, -0.05) is 96.8 Å². The van der Waals surface area contributed by atoms with E-state index in [4.69, 9.17) is 4.99 Å². The van der Waals surface area contributed by atoms with Gasteiger partial charge in [-0.25, -0.2) is 0 Å². The summed E-state index contributed by atoms with van der Waals surface area (Å²) in [5.74, 6) is 0.234. The molecule has 0 radical (unpaired) electrons. The lowest BCUT2D eigenvalue weighted by atomic mass is 10.00. The SMILES string of the molecule is CCCCCCCCCCCCC1=N[C@H](C(C)C)C(=O)Nc2ccccc21. The molecule has 0 aromatic heterocycles. The van der Waals surface area contributed by atoms with Crippen LogP contribution in [-0.2, 0) is 4.79 Å². The van der Waals surface area contributed by atoms with Crippen LogP contribution < -0.4 is 5.32 Å². The van der Waals surface area contributed by atoms with Gasteiger partial charge in [0, 0.05) is 17.0 Å². The number of carbonyl (C=O) groups excluding carboxylic acids is 1. The molecule has 2 rings (SSSR count). The zero-order valence-electron chi connectivity index (χ0n) is 17.6. The molecule has 1 aliphatic heterocycles. The zero-order valence-corrected chi connectivity index (χ0v) is 17.6. The number of rotatable bonds is 12. The van der Waals surface area contributed by atoms with Gasteiger partial charge >= 0.3 is 0 Å². The molecule has 0 fully saturated rings.